The van der Waals surface area contributed by atoms with E-state index in [0.29, 0.717) is 11.4 Å². The van der Waals surface area contributed by atoms with Gasteiger partial charge in [-0.15, -0.1) is 0 Å². The Bertz CT molecular complexity index is 484. The minimum atomic E-state index is -0.513. The van der Waals surface area contributed by atoms with Gasteiger partial charge in [0.2, 0.25) is 0 Å². The Morgan fingerprint density at radius 2 is 1.88 bits per heavy atom. The SMILES string of the molecule is Nc1cc(Br)cc(Oc2ncc(F)cn2)c1. The second-order valence-electron chi connectivity index (χ2n) is 3.01. The van der Waals surface area contributed by atoms with E-state index in [9.17, 15) is 4.39 Å². The average molecular weight is 284 g/mol. The number of hydrogen-bond acceptors (Lipinski definition) is 4. The van der Waals surface area contributed by atoms with Gasteiger partial charge in [0.15, 0.2) is 5.82 Å². The van der Waals surface area contributed by atoms with E-state index in [2.05, 4.69) is 25.9 Å². The van der Waals surface area contributed by atoms with Crippen LogP contribution in [0.15, 0.2) is 35.1 Å². The number of anilines is 1. The molecule has 16 heavy (non-hydrogen) atoms. The van der Waals surface area contributed by atoms with Crippen LogP contribution >= 0.6 is 15.9 Å². The van der Waals surface area contributed by atoms with Gasteiger partial charge in [0, 0.05) is 16.2 Å². The van der Waals surface area contributed by atoms with Gasteiger partial charge in [-0.1, -0.05) is 15.9 Å². The summed E-state index contributed by atoms with van der Waals surface area (Å²) in [6.45, 7) is 0. The zero-order valence-corrected chi connectivity index (χ0v) is 9.61. The Morgan fingerprint density at radius 1 is 1.19 bits per heavy atom. The van der Waals surface area contributed by atoms with Gasteiger partial charge in [-0.05, 0) is 12.1 Å². The maximum Gasteiger partial charge on any atom is 0.322 e. The van der Waals surface area contributed by atoms with Crippen LogP contribution in [0.1, 0.15) is 0 Å². The minimum absolute atomic E-state index is 0.0684. The third-order valence-electron chi connectivity index (χ3n) is 1.70. The van der Waals surface area contributed by atoms with Crippen molar-refractivity contribution in [2.75, 3.05) is 5.73 Å². The van der Waals surface area contributed by atoms with Crippen molar-refractivity contribution in [3.63, 3.8) is 0 Å². The zero-order valence-electron chi connectivity index (χ0n) is 8.02. The van der Waals surface area contributed by atoms with Crippen molar-refractivity contribution >= 4 is 21.6 Å². The summed E-state index contributed by atoms with van der Waals surface area (Å²) in [5.41, 5.74) is 6.17. The van der Waals surface area contributed by atoms with Crippen LogP contribution in [0.4, 0.5) is 10.1 Å². The number of rotatable bonds is 2. The smallest absolute Gasteiger partial charge is 0.322 e. The molecule has 0 saturated carbocycles. The topological polar surface area (TPSA) is 61.0 Å². The molecule has 82 valence electrons. The highest BCUT2D eigenvalue weighted by atomic mass is 79.9. The van der Waals surface area contributed by atoms with Crippen LogP contribution in [0.5, 0.6) is 11.8 Å². The Labute approximate surface area is 99.4 Å². The maximum atomic E-state index is 12.5. The van der Waals surface area contributed by atoms with Gasteiger partial charge in [0.1, 0.15) is 5.75 Å². The molecule has 1 heterocycles. The molecule has 2 rings (SSSR count). The molecule has 1 aromatic carbocycles. The second kappa shape index (κ2) is 4.44. The molecule has 0 aliphatic heterocycles. The van der Waals surface area contributed by atoms with Crippen LogP contribution in [0, 0.1) is 5.82 Å². The fourth-order valence-electron chi connectivity index (χ4n) is 1.10. The minimum Gasteiger partial charge on any atom is -0.424 e. The number of halogens is 2. The third kappa shape index (κ3) is 2.66. The van der Waals surface area contributed by atoms with Gasteiger partial charge in [-0.25, -0.2) is 14.4 Å². The van der Waals surface area contributed by atoms with Crippen LogP contribution in [0.25, 0.3) is 0 Å². The van der Waals surface area contributed by atoms with E-state index in [4.69, 9.17) is 10.5 Å². The largest absolute Gasteiger partial charge is 0.424 e. The lowest BCUT2D eigenvalue weighted by atomic mass is 10.3. The number of nitrogens with zero attached hydrogens (tertiary/aromatic N) is 2. The number of nitrogens with two attached hydrogens (primary N) is 1. The number of nitrogen functional groups attached to an aromatic ring is 1. The first-order chi connectivity index (χ1) is 7.63. The predicted octanol–water partition coefficient (Wildman–Crippen LogP) is 2.75. The lowest BCUT2D eigenvalue weighted by Gasteiger charge is -2.04. The first kappa shape index (κ1) is 10.8. The van der Waals surface area contributed by atoms with Crippen molar-refractivity contribution < 1.29 is 9.13 Å². The van der Waals surface area contributed by atoms with Crippen molar-refractivity contribution in [1.29, 1.82) is 0 Å². The molecule has 2 aromatic rings. The van der Waals surface area contributed by atoms with Crippen LogP contribution in [0.2, 0.25) is 0 Å². The molecule has 0 spiro atoms. The highest BCUT2D eigenvalue weighted by molar-refractivity contribution is 9.10. The molecule has 0 unspecified atom stereocenters. The van der Waals surface area contributed by atoms with Crippen molar-refractivity contribution in [2.45, 2.75) is 0 Å². The van der Waals surface area contributed by atoms with Crippen LogP contribution in [0.3, 0.4) is 0 Å². The summed E-state index contributed by atoms with van der Waals surface area (Å²) in [6, 6.07) is 5.14. The molecule has 0 atom stereocenters. The Kier molecular flexibility index (Phi) is 3.00. The summed E-state index contributed by atoms with van der Waals surface area (Å²) in [7, 11) is 0. The van der Waals surface area contributed by atoms with Crippen LogP contribution < -0.4 is 10.5 Å². The van der Waals surface area contributed by atoms with Crippen molar-refractivity contribution in [3.05, 3.63) is 40.9 Å². The molecule has 0 amide bonds. The third-order valence-corrected chi connectivity index (χ3v) is 2.16. The molecule has 4 nitrogen and oxygen atoms in total. The predicted molar refractivity (Wildman–Crippen MR) is 60.6 cm³/mol. The zero-order chi connectivity index (χ0) is 11.5. The molecule has 0 aliphatic carbocycles. The van der Waals surface area contributed by atoms with E-state index in [0.717, 1.165) is 16.9 Å². The molecule has 0 bridgehead atoms. The highest BCUT2D eigenvalue weighted by Gasteiger charge is 2.02. The molecule has 2 N–H and O–H groups in total. The molecule has 0 aliphatic rings. The lowest BCUT2D eigenvalue weighted by Crippen LogP contribution is -1.93. The molecule has 0 fully saturated rings. The van der Waals surface area contributed by atoms with E-state index in [1.165, 1.54) is 0 Å². The van der Waals surface area contributed by atoms with E-state index in [1.54, 1.807) is 18.2 Å². The van der Waals surface area contributed by atoms with E-state index >= 15 is 0 Å². The van der Waals surface area contributed by atoms with Gasteiger partial charge in [0.05, 0.1) is 12.4 Å². The van der Waals surface area contributed by atoms with E-state index in [1.807, 2.05) is 0 Å². The Hall–Kier alpha value is -1.69. The van der Waals surface area contributed by atoms with E-state index < -0.39 is 5.82 Å². The first-order valence-corrected chi connectivity index (χ1v) is 5.14. The summed E-state index contributed by atoms with van der Waals surface area (Å²) in [4.78, 5) is 7.34. The molecular formula is C10H7BrFN3O. The fourth-order valence-corrected chi connectivity index (χ4v) is 1.59. The van der Waals surface area contributed by atoms with Gasteiger partial charge < -0.3 is 10.5 Å². The lowest BCUT2D eigenvalue weighted by molar-refractivity contribution is 0.436. The molecule has 0 radical (unpaired) electrons. The Morgan fingerprint density at radius 3 is 2.50 bits per heavy atom. The standard InChI is InChI=1S/C10H7BrFN3O/c11-6-1-8(13)3-9(2-6)16-10-14-4-7(12)5-15-10/h1-5H,13H2. The average Bonchev–Trinajstić information content (AvgIpc) is 2.20. The quantitative estimate of drug-likeness (QED) is 0.861. The van der Waals surface area contributed by atoms with Crippen LogP contribution in [-0.2, 0) is 0 Å². The molecule has 6 heteroatoms. The molecular weight excluding hydrogens is 277 g/mol. The fraction of sp³-hybridized carbons (Fsp3) is 0. The summed E-state index contributed by atoms with van der Waals surface area (Å²) < 4.78 is 18.6. The van der Waals surface area contributed by atoms with Gasteiger partial charge >= 0.3 is 6.01 Å². The molecule has 1 aromatic heterocycles. The first-order valence-electron chi connectivity index (χ1n) is 4.35. The Balaban J connectivity index is 2.23. The monoisotopic (exact) mass is 283 g/mol. The summed E-state index contributed by atoms with van der Waals surface area (Å²) in [5, 5.41) is 0. The number of ether oxygens (including phenoxy) is 1. The van der Waals surface area contributed by atoms with Crippen LogP contribution in [-0.4, -0.2) is 9.97 Å². The number of aromatic nitrogens is 2. The number of benzene rings is 1. The van der Waals surface area contributed by atoms with Gasteiger partial charge in [0.25, 0.3) is 0 Å². The summed E-state index contributed by atoms with van der Waals surface area (Å²) in [5.74, 6) is -0.0282. The maximum absolute atomic E-state index is 12.5. The van der Waals surface area contributed by atoms with Gasteiger partial charge in [-0.2, -0.15) is 0 Å². The second-order valence-corrected chi connectivity index (χ2v) is 3.92. The van der Waals surface area contributed by atoms with Crippen molar-refractivity contribution in [2.24, 2.45) is 0 Å². The molecule has 0 saturated heterocycles. The summed E-state index contributed by atoms with van der Waals surface area (Å²) in [6.07, 6.45) is 2.06. The van der Waals surface area contributed by atoms with Crippen molar-refractivity contribution in [3.8, 4) is 11.8 Å². The van der Waals surface area contributed by atoms with Crippen molar-refractivity contribution in [1.82, 2.24) is 9.97 Å². The number of hydrogen-bond donors (Lipinski definition) is 1. The van der Waals surface area contributed by atoms with E-state index in [-0.39, 0.29) is 6.01 Å². The normalized spacial score (nSPS) is 10.1. The summed E-state index contributed by atoms with van der Waals surface area (Å²) >= 11 is 3.28. The van der Waals surface area contributed by atoms with Gasteiger partial charge in [-0.3, -0.25) is 0 Å². The highest BCUT2D eigenvalue weighted by Crippen LogP contribution is 2.25.